The summed E-state index contributed by atoms with van der Waals surface area (Å²) < 4.78 is 42.1. The number of primary amides is 1. The van der Waals surface area contributed by atoms with Crippen LogP contribution in [-0.4, -0.2) is 73.1 Å². The van der Waals surface area contributed by atoms with Crippen LogP contribution in [0.15, 0.2) is 18.2 Å². The first-order valence-corrected chi connectivity index (χ1v) is 12.3. The van der Waals surface area contributed by atoms with Gasteiger partial charge in [0.2, 0.25) is 0 Å². The summed E-state index contributed by atoms with van der Waals surface area (Å²) >= 11 is 0. The SMILES string of the molecule is CCc1nc(C(N)=O)c(Nc2ccc(N3CCN(C)CC3)c(C(F)(F)F)c2)nc1NC1CCNCC1. The first-order chi connectivity index (χ1) is 17.2. The number of alkyl halides is 3. The number of benzene rings is 1. The molecule has 0 atom stereocenters. The number of carbonyl (C=O) groups excluding carboxylic acids is 1. The van der Waals surface area contributed by atoms with Crippen molar-refractivity contribution in [2.75, 3.05) is 61.8 Å². The van der Waals surface area contributed by atoms with Gasteiger partial charge in [0.05, 0.1) is 11.3 Å². The lowest BCUT2D eigenvalue weighted by Gasteiger charge is -2.35. The Balaban J connectivity index is 1.67. The van der Waals surface area contributed by atoms with Gasteiger partial charge in [0, 0.05) is 43.6 Å². The Bertz CT molecular complexity index is 1080. The van der Waals surface area contributed by atoms with Crippen molar-refractivity contribution in [1.82, 2.24) is 20.2 Å². The van der Waals surface area contributed by atoms with E-state index < -0.39 is 17.6 Å². The highest BCUT2D eigenvalue weighted by atomic mass is 19.4. The van der Waals surface area contributed by atoms with Crippen LogP contribution in [0.2, 0.25) is 0 Å². The number of anilines is 4. The molecule has 0 aliphatic carbocycles. The van der Waals surface area contributed by atoms with Crippen LogP contribution in [0.3, 0.4) is 0 Å². The van der Waals surface area contributed by atoms with Crippen LogP contribution in [0.4, 0.5) is 36.2 Å². The highest BCUT2D eigenvalue weighted by molar-refractivity contribution is 5.96. The molecule has 2 fully saturated rings. The minimum atomic E-state index is -4.55. The van der Waals surface area contributed by atoms with Gasteiger partial charge in [0.15, 0.2) is 17.3 Å². The van der Waals surface area contributed by atoms with E-state index in [1.165, 1.54) is 6.07 Å². The Morgan fingerprint density at radius 1 is 1.14 bits per heavy atom. The van der Waals surface area contributed by atoms with Crippen LogP contribution < -0.4 is 26.6 Å². The van der Waals surface area contributed by atoms with E-state index in [2.05, 4.69) is 30.8 Å². The summed E-state index contributed by atoms with van der Waals surface area (Å²) in [6.45, 7) is 6.02. The van der Waals surface area contributed by atoms with Gasteiger partial charge < -0.3 is 31.5 Å². The zero-order valence-corrected chi connectivity index (χ0v) is 20.6. The van der Waals surface area contributed by atoms with E-state index in [1.807, 2.05) is 14.0 Å². The molecule has 0 unspecified atom stereocenters. The average Bonchev–Trinajstić information content (AvgIpc) is 2.85. The number of piperidine rings is 1. The molecule has 0 saturated carbocycles. The molecule has 1 aromatic carbocycles. The third kappa shape index (κ3) is 5.98. The number of hydrogen-bond donors (Lipinski definition) is 4. The first-order valence-electron chi connectivity index (χ1n) is 12.3. The van der Waals surface area contributed by atoms with E-state index in [4.69, 9.17) is 5.73 Å². The fourth-order valence-electron chi connectivity index (χ4n) is 4.55. The largest absolute Gasteiger partial charge is 0.418 e. The number of hydrogen-bond acceptors (Lipinski definition) is 8. The number of nitrogens with two attached hydrogens (primary N) is 1. The number of piperazine rings is 1. The molecule has 2 saturated heterocycles. The molecule has 3 heterocycles. The normalized spacial score (nSPS) is 17.8. The van der Waals surface area contributed by atoms with Crippen LogP contribution >= 0.6 is 0 Å². The maximum absolute atomic E-state index is 14.0. The number of carbonyl (C=O) groups is 1. The number of nitrogens with one attached hydrogen (secondary N) is 3. The van der Waals surface area contributed by atoms with E-state index in [9.17, 15) is 18.0 Å². The maximum Gasteiger partial charge on any atom is 0.418 e. The molecule has 1 aromatic heterocycles. The predicted molar refractivity (Wildman–Crippen MR) is 134 cm³/mol. The van der Waals surface area contributed by atoms with Gasteiger partial charge in [0.25, 0.3) is 5.91 Å². The number of aromatic nitrogens is 2. The summed E-state index contributed by atoms with van der Waals surface area (Å²) in [5.41, 5.74) is 5.56. The fraction of sp³-hybridized carbons (Fsp3) is 0.542. The van der Waals surface area contributed by atoms with Crippen LogP contribution in [0.25, 0.3) is 0 Å². The first kappa shape index (κ1) is 26.0. The quantitative estimate of drug-likeness (QED) is 0.454. The Labute approximate surface area is 208 Å². The highest BCUT2D eigenvalue weighted by Gasteiger charge is 2.36. The minimum Gasteiger partial charge on any atom is -0.368 e. The monoisotopic (exact) mass is 506 g/mol. The summed E-state index contributed by atoms with van der Waals surface area (Å²) in [5.74, 6) is -0.281. The molecule has 9 nitrogen and oxygen atoms in total. The third-order valence-corrected chi connectivity index (χ3v) is 6.62. The molecule has 2 aliphatic rings. The van der Waals surface area contributed by atoms with Gasteiger partial charge >= 0.3 is 6.18 Å². The van der Waals surface area contributed by atoms with Crippen LogP contribution in [0.5, 0.6) is 0 Å². The average molecular weight is 507 g/mol. The number of aryl methyl sites for hydroxylation is 1. The van der Waals surface area contributed by atoms with Crippen molar-refractivity contribution in [2.24, 2.45) is 5.73 Å². The zero-order valence-electron chi connectivity index (χ0n) is 20.6. The second-order valence-electron chi connectivity index (χ2n) is 9.25. The molecule has 0 bridgehead atoms. The molecular weight excluding hydrogens is 473 g/mol. The van der Waals surface area contributed by atoms with Gasteiger partial charge in [-0.05, 0) is 57.6 Å². The maximum atomic E-state index is 14.0. The molecule has 12 heteroatoms. The lowest BCUT2D eigenvalue weighted by Crippen LogP contribution is -2.45. The molecule has 2 aromatic rings. The van der Waals surface area contributed by atoms with Crippen molar-refractivity contribution in [3.05, 3.63) is 35.2 Å². The molecule has 36 heavy (non-hydrogen) atoms. The van der Waals surface area contributed by atoms with Gasteiger partial charge in [-0.15, -0.1) is 0 Å². The van der Waals surface area contributed by atoms with E-state index >= 15 is 0 Å². The highest BCUT2D eigenvalue weighted by Crippen LogP contribution is 2.39. The van der Waals surface area contributed by atoms with Crippen molar-refractivity contribution in [2.45, 2.75) is 38.4 Å². The summed E-state index contributed by atoms with van der Waals surface area (Å²) in [4.78, 5) is 25.0. The van der Waals surface area contributed by atoms with E-state index in [0.717, 1.165) is 32.0 Å². The number of rotatable bonds is 7. The van der Waals surface area contributed by atoms with Gasteiger partial charge in [-0.25, -0.2) is 9.97 Å². The van der Waals surface area contributed by atoms with E-state index in [-0.39, 0.29) is 28.9 Å². The lowest BCUT2D eigenvalue weighted by molar-refractivity contribution is -0.137. The number of halogens is 3. The second-order valence-corrected chi connectivity index (χ2v) is 9.25. The summed E-state index contributed by atoms with van der Waals surface area (Å²) in [6, 6.07) is 4.25. The Hall–Kier alpha value is -3.12. The predicted octanol–water partition coefficient (Wildman–Crippen LogP) is 2.82. The standard InChI is InChI=1S/C24H33F3N8O/c1-3-18-22(30-15-6-8-29-9-7-15)33-23(20(32-18)21(28)36)31-16-4-5-19(17(14-16)24(25,26)27)35-12-10-34(2)11-13-35/h4-5,14-15,29H,3,6-13H2,1-2H3,(H2,28,36)(H2,30,31,33). The zero-order chi connectivity index (χ0) is 25.9. The van der Waals surface area contributed by atoms with Crippen LogP contribution in [0, 0.1) is 0 Å². The van der Waals surface area contributed by atoms with Crippen LogP contribution in [0.1, 0.15) is 41.5 Å². The Kier molecular flexibility index (Phi) is 7.84. The van der Waals surface area contributed by atoms with Crippen LogP contribution in [-0.2, 0) is 12.6 Å². The number of nitrogens with zero attached hydrogens (tertiary/aromatic N) is 4. The second kappa shape index (κ2) is 10.9. The smallest absolute Gasteiger partial charge is 0.368 e. The van der Waals surface area contributed by atoms with Crippen molar-refractivity contribution in [1.29, 1.82) is 0 Å². The van der Waals surface area contributed by atoms with E-state index in [1.54, 1.807) is 11.0 Å². The van der Waals surface area contributed by atoms with Gasteiger partial charge in [0.1, 0.15) is 0 Å². The Morgan fingerprint density at radius 2 is 1.83 bits per heavy atom. The molecule has 5 N–H and O–H groups in total. The van der Waals surface area contributed by atoms with Gasteiger partial charge in [-0.1, -0.05) is 6.92 Å². The van der Waals surface area contributed by atoms with Gasteiger partial charge in [-0.3, -0.25) is 4.79 Å². The molecule has 196 valence electrons. The lowest BCUT2D eigenvalue weighted by atomic mass is 10.1. The molecule has 1 amide bonds. The minimum absolute atomic E-state index is 0.0246. The van der Waals surface area contributed by atoms with Gasteiger partial charge in [-0.2, -0.15) is 13.2 Å². The van der Waals surface area contributed by atoms with Crippen molar-refractivity contribution in [3.63, 3.8) is 0 Å². The molecule has 0 spiro atoms. The number of amides is 1. The van der Waals surface area contributed by atoms with Crippen molar-refractivity contribution >= 4 is 28.9 Å². The summed E-state index contributed by atoms with van der Waals surface area (Å²) in [6.07, 6.45) is -2.25. The van der Waals surface area contributed by atoms with Crippen molar-refractivity contribution in [3.8, 4) is 0 Å². The number of likely N-dealkylation sites (N-methyl/N-ethyl adjacent to an activating group) is 1. The third-order valence-electron chi connectivity index (χ3n) is 6.62. The van der Waals surface area contributed by atoms with Crippen molar-refractivity contribution < 1.29 is 18.0 Å². The Morgan fingerprint density at radius 3 is 2.44 bits per heavy atom. The molecule has 2 aliphatic heterocycles. The summed E-state index contributed by atoms with van der Waals surface area (Å²) in [5, 5.41) is 9.56. The topological polar surface area (TPSA) is 111 Å². The van der Waals surface area contributed by atoms with E-state index in [0.29, 0.717) is 44.1 Å². The molecule has 4 rings (SSSR count). The molecular formula is C24H33F3N8O. The molecule has 0 radical (unpaired) electrons. The fourth-order valence-corrected chi connectivity index (χ4v) is 4.55. The summed E-state index contributed by atoms with van der Waals surface area (Å²) in [7, 11) is 1.95.